The first-order valence-electron chi connectivity index (χ1n) is 6.91. The van der Waals surface area contributed by atoms with E-state index < -0.39 is 31.2 Å². The van der Waals surface area contributed by atoms with Gasteiger partial charge in [-0.05, 0) is 13.0 Å². The summed E-state index contributed by atoms with van der Waals surface area (Å²) >= 11 is 0. The summed E-state index contributed by atoms with van der Waals surface area (Å²) in [6, 6.07) is 1.66. The van der Waals surface area contributed by atoms with Crippen molar-refractivity contribution in [2.24, 2.45) is 5.92 Å². The van der Waals surface area contributed by atoms with E-state index >= 15 is 0 Å². The van der Waals surface area contributed by atoms with Gasteiger partial charge in [-0.15, -0.1) is 0 Å². The van der Waals surface area contributed by atoms with Crippen LogP contribution in [0.3, 0.4) is 0 Å². The Bertz CT molecular complexity index is 522. The van der Waals surface area contributed by atoms with E-state index in [0.29, 0.717) is 5.69 Å². The van der Waals surface area contributed by atoms with Crippen LogP contribution in [0.1, 0.15) is 21.6 Å². The third-order valence-electron chi connectivity index (χ3n) is 3.27. The number of hydrogen-bond donors (Lipinski definition) is 1. The quantitative estimate of drug-likeness (QED) is 0.813. The van der Waals surface area contributed by atoms with Gasteiger partial charge in [0.2, 0.25) is 0 Å². The molecule has 1 fully saturated rings. The Kier molecular flexibility index (Phi) is 3.06. The maximum Gasteiger partial charge on any atom is 0.349 e. The summed E-state index contributed by atoms with van der Waals surface area (Å²) in [5.74, 6) is -0.361. The number of methoxy groups -OCH3 is 1. The summed E-state index contributed by atoms with van der Waals surface area (Å²) in [5, 5.41) is 10.3. The Labute approximate surface area is 108 Å². The molecule has 1 N–H and O–H groups in total. The zero-order valence-electron chi connectivity index (χ0n) is 12.3. The molecule has 0 aliphatic carbocycles. The van der Waals surface area contributed by atoms with Gasteiger partial charge in [-0.3, -0.25) is 4.57 Å². The predicted molar refractivity (Wildman–Crippen MR) is 64.2 cm³/mol. The summed E-state index contributed by atoms with van der Waals surface area (Å²) < 4.78 is 25.9. The summed E-state index contributed by atoms with van der Waals surface area (Å²) in [7, 11) is -1.43. The highest BCUT2D eigenvalue weighted by atomic mass is 16.6. The second-order valence-electron chi connectivity index (χ2n) is 4.51. The van der Waals surface area contributed by atoms with Crippen LogP contribution in [0, 0.1) is 12.8 Å². The van der Waals surface area contributed by atoms with E-state index in [2.05, 4.69) is 4.98 Å². The molecule has 6 heteroatoms. The lowest BCUT2D eigenvalue weighted by Crippen LogP contribution is -2.48. The molecule has 100 valence electrons. The van der Waals surface area contributed by atoms with E-state index in [-0.39, 0.29) is 12.5 Å². The van der Waals surface area contributed by atoms with Gasteiger partial charge in [0.25, 0.3) is 0 Å². The number of hydrogen-bond acceptors (Lipinski definition) is 5. The highest BCUT2D eigenvalue weighted by Crippen LogP contribution is 2.28. The Morgan fingerprint density at radius 3 is 3.28 bits per heavy atom. The van der Waals surface area contributed by atoms with Gasteiger partial charge in [0.05, 0.1) is 15.5 Å². The van der Waals surface area contributed by atoms with Crippen LogP contribution in [-0.2, 0) is 9.47 Å². The molecule has 5 atom stereocenters. The van der Waals surface area contributed by atoms with Crippen molar-refractivity contribution in [1.82, 2.24) is 9.55 Å². The minimum atomic E-state index is -1.43. The van der Waals surface area contributed by atoms with E-state index in [1.54, 1.807) is 19.9 Å². The fraction of sp³-hybridized carbons (Fsp3) is 0.667. The van der Waals surface area contributed by atoms with Crippen molar-refractivity contribution in [2.45, 2.75) is 32.3 Å². The summed E-state index contributed by atoms with van der Waals surface area (Å²) in [5.41, 5.74) is 0.108. The lowest BCUT2D eigenvalue weighted by atomic mass is 9.94. The van der Waals surface area contributed by atoms with Crippen LogP contribution in [-0.4, -0.2) is 40.5 Å². The van der Waals surface area contributed by atoms with Crippen molar-refractivity contribution in [3.05, 3.63) is 28.4 Å². The topological polar surface area (TPSA) is 73.6 Å². The second-order valence-corrected chi connectivity index (χ2v) is 4.51. The largest absolute Gasteiger partial charge is 0.388 e. The standard InChI is InChI=1S/C12H18N2O4/c1-7-4-5-14(12(16)13-7)11-10(15)8(2)9(17-3)6-18-11/h4-5,8-11,15H,6H2,1-3H3/i3TD. The van der Waals surface area contributed by atoms with Crippen LogP contribution < -0.4 is 5.69 Å². The van der Waals surface area contributed by atoms with Gasteiger partial charge in [-0.1, -0.05) is 6.92 Å². The molecule has 5 unspecified atom stereocenters. The average Bonchev–Trinajstić information content (AvgIpc) is 2.36. The number of nitrogens with zero attached hydrogens (tertiary/aromatic N) is 2. The monoisotopic (exact) mass is 257 g/mol. The maximum atomic E-state index is 11.8. The zero-order chi connectivity index (χ0) is 14.9. The fourth-order valence-corrected chi connectivity index (χ4v) is 2.02. The second kappa shape index (κ2) is 5.17. The van der Waals surface area contributed by atoms with E-state index in [4.69, 9.17) is 12.2 Å². The molecule has 0 aromatic carbocycles. The molecule has 0 saturated carbocycles. The summed E-state index contributed by atoms with van der Waals surface area (Å²) in [4.78, 5) is 15.6. The lowest BCUT2D eigenvalue weighted by Gasteiger charge is -2.38. The third-order valence-corrected chi connectivity index (χ3v) is 3.27. The van der Waals surface area contributed by atoms with Crippen LogP contribution in [0.15, 0.2) is 17.1 Å². The fourth-order valence-electron chi connectivity index (χ4n) is 2.02. The van der Waals surface area contributed by atoms with Crippen LogP contribution >= 0.6 is 0 Å². The molecule has 1 saturated heterocycles. The highest BCUT2D eigenvalue weighted by molar-refractivity contribution is 4.97. The molecule has 1 aromatic heterocycles. The van der Waals surface area contributed by atoms with Gasteiger partial charge < -0.3 is 14.6 Å². The Hall–Kier alpha value is -1.24. The lowest BCUT2D eigenvalue weighted by molar-refractivity contribution is -0.191. The molecular weight excluding hydrogens is 236 g/mol. The molecule has 1 aliphatic heterocycles. The van der Waals surface area contributed by atoms with Crippen LogP contribution in [0.25, 0.3) is 0 Å². The molecule has 0 radical (unpaired) electrons. The predicted octanol–water partition coefficient (Wildman–Crippen LogP) is 0.0925. The van der Waals surface area contributed by atoms with Crippen molar-refractivity contribution in [1.29, 1.82) is 0 Å². The maximum absolute atomic E-state index is 11.8. The highest BCUT2D eigenvalue weighted by Gasteiger charge is 2.38. The van der Waals surface area contributed by atoms with E-state index in [0.717, 1.165) is 0 Å². The SMILES string of the molecule is [2H]C([3H])OC1COC(n2ccc(C)nc2=O)C(O)C1C. The number of rotatable bonds is 2. The molecule has 0 spiro atoms. The van der Waals surface area contributed by atoms with Gasteiger partial charge in [-0.2, -0.15) is 4.98 Å². The van der Waals surface area contributed by atoms with Gasteiger partial charge >= 0.3 is 5.69 Å². The van der Waals surface area contributed by atoms with Gasteiger partial charge in [0.1, 0.15) is 6.10 Å². The number of aryl methyl sites for hydroxylation is 1. The molecule has 18 heavy (non-hydrogen) atoms. The zero-order valence-corrected chi connectivity index (χ0v) is 10.3. The normalized spacial score (nSPS) is 35.7. The minimum Gasteiger partial charge on any atom is -0.388 e. The third kappa shape index (κ3) is 2.31. The van der Waals surface area contributed by atoms with E-state index in [1.165, 1.54) is 10.8 Å². The van der Waals surface area contributed by atoms with Crippen molar-refractivity contribution in [3.8, 4) is 0 Å². The Morgan fingerprint density at radius 2 is 2.61 bits per heavy atom. The van der Waals surface area contributed by atoms with Crippen LogP contribution in [0.4, 0.5) is 0 Å². The summed E-state index contributed by atoms with van der Waals surface area (Å²) in [6.07, 6.45) is -0.824. The van der Waals surface area contributed by atoms with Gasteiger partial charge in [0.15, 0.2) is 6.23 Å². The number of ether oxygens (including phenoxy) is 2. The molecule has 2 rings (SSSR count). The molecule has 0 amide bonds. The first-order chi connectivity index (χ1) is 9.40. The first kappa shape index (κ1) is 10.7. The first-order valence-corrected chi connectivity index (χ1v) is 5.75. The molecule has 6 nitrogen and oxygen atoms in total. The van der Waals surface area contributed by atoms with Gasteiger partial charge in [0, 0.05) is 24.9 Å². The van der Waals surface area contributed by atoms with E-state index in [1.807, 2.05) is 0 Å². The van der Waals surface area contributed by atoms with Crippen LogP contribution in [0.5, 0.6) is 0 Å². The molecule has 1 aliphatic rings. The van der Waals surface area contributed by atoms with E-state index in [9.17, 15) is 9.90 Å². The molecular formula is C12H18N2O4. The Morgan fingerprint density at radius 1 is 1.83 bits per heavy atom. The number of aliphatic hydroxyl groups excluding tert-OH is 1. The molecule has 0 bridgehead atoms. The van der Waals surface area contributed by atoms with Crippen LogP contribution in [0.2, 0.25) is 0 Å². The van der Waals surface area contributed by atoms with Crippen molar-refractivity contribution < 1.29 is 17.3 Å². The summed E-state index contributed by atoms with van der Waals surface area (Å²) in [6.45, 7) is 3.55. The minimum absolute atomic E-state index is 0.109. The van der Waals surface area contributed by atoms with Crippen molar-refractivity contribution in [2.75, 3.05) is 13.7 Å². The van der Waals surface area contributed by atoms with Crippen molar-refractivity contribution in [3.63, 3.8) is 0 Å². The molecule has 2 heterocycles. The average molecular weight is 257 g/mol. The number of aliphatic hydroxyl groups is 1. The smallest absolute Gasteiger partial charge is 0.349 e. The number of aromatic nitrogens is 2. The molecule has 1 aromatic rings. The Balaban J connectivity index is 2.18. The van der Waals surface area contributed by atoms with Crippen molar-refractivity contribution >= 4 is 0 Å². The van der Waals surface area contributed by atoms with Gasteiger partial charge in [-0.25, -0.2) is 4.79 Å².